The van der Waals surface area contributed by atoms with E-state index in [4.69, 9.17) is 4.74 Å². The van der Waals surface area contributed by atoms with Crippen LogP contribution in [0.5, 0.6) is 0 Å². The molecule has 0 saturated carbocycles. The van der Waals surface area contributed by atoms with Gasteiger partial charge in [0.2, 0.25) is 0 Å². The van der Waals surface area contributed by atoms with E-state index in [1.807, 2.05) is 0 Å². The van der Waals surface area contributed by atoms with E-state index in [1.54, 1.807) is 4.90 Å². The van der Waals surface area contributed by atoms with E-state index in [2.05, 4.69) is 9.88 Å². The molecule has 1 aromatic rings. The molecule has 0 N–H and O–H groups in total. The molecule has 8 heteroatoms. The maximum atomic E-state index is 12.5. The highest BCUT2D eigenvalue weighted by molar-refractivity contribution is 5.94. The monoisotopic (exact) mass is 343 g/mol. The van der Waals surface area contributed by atoms with Crippen molar-refractivity contribution in [3.05, 3.63) is 29.6 Å². The first-order valence-electron chi connectivity index (χ1n) is 8.10. The van der Waals surface area contributed by atoms with Gasteiger partial charge in [0.05, 0.1) is 11.7 Å². The van der Waals surface area contributed by atoms with Crippen molar-refractivity contribution in [3.63, 3.8) is 0 Å². The van der Waals surface area contributed by atoms with Crippen LogP contribution in [0.25, 0.3) is 0 Å². The van der Waals surface area contributed by atoms with Gasteiger partial charge in [-0.25, -0.2) is 0 Å². The lowest BCUT2D eigenvalue weighted by molar-refractivity contribution is -0.141. The minimum atomic E-state index is -4.49. The van der Waals surface area contributed by atoms with Gasteiger partial charge >= 0.3 is 6.18 Å². The Morgan fingerprint density at radius 3 is 2.54 bits per heavy atom. The fourth-order valence-electron chi connectivity index (χ4n) is 3.08. The summed E-state index contributed by atoms with van der Waals surface area (Å²) < 4.78 is 43.2. The summed E-state index contributed by atoms with van der Waals surface area (Å²) in [6, 6.07) is 2.04. The topological polar surface area (TPSA) is 45.7 Å². The Kier molecular flexibility index (Phi) is 5.05. The Labute approximate surface area is 138 Å². The first kappa shape index (κ1) is 17.2. The van der Waals surface area contributed by atoms with Gasteiger partial charge in [-0.15, -0.1) is 0 Å². The third-order valence-electron chi connectivity index (χ3n) is 4.45. The number of carbonyl (C=O) groups excluding carboxylic acids is 1. The Hall–Kier alpha value is -1.67. The highest BCUT2D eigenvalue weighted by Crippen LogP contribution is 2.27. The molecule has 2 saturated heterocycles. The van der Waals surface area contributed by atoms with Crippen molar-refractivity contribution in [2.45, 2.75) is 25.1 Å². The molecule has 0 aliphatic carbocycles. The highest BCUT2D eigenvalue weighted by Gasteiger charge is 2.32. The lowest BCUT2D eigenvalue weighted by Crippen LogP contribution is -2.50. The molecule has 24 heavy (non-hydrogen) atoms. The summed E-state index contributed by atoms with van der Waals surface area (Å²) in [6.45, 7) is 4.33. The molecule has 1 amide bonds. The zero-order valence-electron chi connectivity index (χ0n) is 13.3. The van der Waals surface area contributed by atoms with Crippen LogP contribution in [0.1, 0.15) is 28.9 Å². The van der Waals surface area contributed by atoms with Gasteiger partial charge in [-0.3, -0.25) is 14.7 Å². The summed E-state index contributed by atoms with van der Waals surface area (Å²) in [4.78, 5) is 19.7. The predicted octanol–water partition coefficient (Wildman–Crippen LogP) is 2.04. The third-order valence-corrected chi connectivity index (χ3v) is 4.45. The van der Waals surface area contributed by atoms with Crippen molar-refractivity contribution in [1.29, 1.82) is 0 Å². The van der Waals surface area contributed by atoms with Crippen LogP contribution in [0.3, 0.4) is 0 Å². The molecule has 0 spiro atoms. The van der Waals surface area contributed by atoms with Crippen LogP contribution in [-0.2, 0) is 10.9 Å². The van der Waals surface area contributed by atoms with Gasteiger partial charge < -0.3 is 9.64 Å². The Bertz CT molecular complexity index is 563. The number of aromatic nitrogens is 1. The average molecular weight is 343 g/mol. The molecule has 2 aliphatic rings. The van der Waals surface area contributed by atoms with Crippen molar-refractivity contribution in [2.75, 3.05) is 39.3 Å². The maximum absolute atomic E-state index is 12.5. The second-order valence-electron chi connectivity index (χ2n) is 6.16. The summed E-state index contributed by atoms with van der Waals surface area (Å²) in [5, 5.41) is 0. The first-order chi connectivity index (χ1) is 11.4. The van der Waals surface area contributed by atoms with Crippen molar-refractivity contribution in [2.24, 2.45) is 0 Å². The number of rotatable bonds is 3. The van der Waals surface area contributed by atoms with Crippen LogP contribution in [0, 0.1) is 0 Å². The van der Waals surface area contributed by atoms with E-state index in [9.17, 15) is 18.0 Å². The van der Waals surface area contributed by atoms with E-state index in [-0.39, 0.29) is 17.6 Å². The molecule has 2 fully saturated rings. The second kappa shape index (κ2) is 7.06. The molecule has 5 nitrogen and oxygen atoms in total. The summed E-state index contributed by atoms with van der Waals surface area (Å²) in [6.07, 6.45) is -1.02. The van der Waals surface area contributed by atoms with Crippen LogP contribution in [0.4, 0.5) is 13.2 Å². The van der Waals surface area contributed by atoms with E-state index in [0.717, 1.165) is 51.3 Å². The molecule has 2 aliphatic heterocycles. The molecule has 3 rings (SSSR count). The number of nitrogens with zero attached hydrogens (tertiary/aromatic N) is 3. The van der Waals surface area contributed by atoms with Crippen molar-refractivity contribution in [3.8, 4) is 0 Å². The molecule has 1 aromatic heterocycles. The Morgan fingerprint density at radius 1 is 1.25 bits per heavy atom. The predicted molar refractivity (Wildman–Crippen MR) is 80.6 cm³/mol. The minimum Gasteiger partial charge on any atom is -0.377 e. The summed E-state index contributed by atoms with van der Waals surface area (Å²) in [5.41, 5.74) is -0.795. The number of piperazine rings is 1. The van der Waals surface area contributed by atoms with E-state index in [0.29, 0.717) is 13.1 Å². The largest absolute Gasteiger partial charge is 0.433 e. The van der Waals surface area contributed by atoms with Gasteiger partial charge in [-0.2, -0.15) is 13.2 Å². The number of hydrogen-bond acceptors (Lipinski definition) is 4. The van der Waals surface area contributed by atoms with Crippen LogP contribution in [-0.4, -0.2) is 66.1 Å². The zero-order valence-corrected chi connectivity index (χ0v) is 13.3. The third kappa shape index (κ3) is 4.05. The van der Waals surface area contributed by atoms with Crippen molar-refractivity contribution < 1.29 is 22.7 Å². The molecule has 1 atom stereocenters. The number of carbonyl (C=O) groups is 1. The fraction of sp³-hybridized carbons (Fsp3) is 0.625. The summed E-state index contributed by atoms with van der Waals surface area (Å²) >= 11 is 0. The zero-order chi connectivity index (χ0) is 17.2. The summed E-state index contributed by atoms with van der Waals surface area (Å²) in [7, 11) is 0. The van der Waals surface area contributed by atoms with Crippen LogP contribution >= 0.6 is 0 Å². The smallest absolute Gasteiger partial charge is 0.377 e. The number of ether oxygens (including phenoxy) is 1. The quantitative estimate of drug-likeness (QED) is 0.843. The number of hydrogen-bond donors (Lipinski definition) is 0. The molecule has 1 unspecified atom stereocenters. The minimum absolute atomic E-state index is 0.190. The lowest BCUT2D eigenvalue weighted by Gasteiger charge is -2.35. The fourth-order valence-corrected chi connectivity index (χ4v) is 3.08. The number of pyridine rings is 1. The van der Waals surface area contributed by atoms with E-state index >= 15 is 0 Å². The Morgan fingerprint density at radius 2 is 2.00 bits per heavy atom. The number of halogens is 3. The van der Waals surface area contributed by atoms with Gasteiger partial charge in [-0.1, -0.05) is 0 Å². The number of amides is 1. The maximum Gasteiger partial charge on any atom is 0.433 e. The lowest BCUT2D eigenvalue weighted by atomic mass is 10.2. The normalized spacial score (nSPS) is 22.8. The Balaban J connectivity index is 1.53. The number of alkyl halides is 3. The van der Waals surface area contributed by atoms with Gasteiger partial charge in [0.25, 0.3) is 5.91 Å². The molecule has 0 aromatic carbocycles. The van der Waals surface area contributed by atoms with Gasteiger partial charge in [-0.05, 0) is 25.0 Å². The SMILES string of the molecule is O=C(c1ccc(C(F)(F)F)nc1)N1CCN(CC2CCCO2)CC1. The van der Waals surface area contributed by atoms with Crippen LogP contribution in [0.15, 0.2) is 18.3 Å². The van der Waals surface area contributed by atoms with Gasteiger partial charge in [0.1, 0.15) is 5.69 Å². The molecule has 0 bridgehead atoms. The van der Waals surface area contributed by atoms with E-state index < -0.39 is 11.9 Å². The van der Waals surface area contributed by atoms with Crippen LogP contribution in [0.2, 0.25) is 0 Å². The molecule has 132 valence electrons. The van der Waals surface area contributed by atoms with Crippen molar-refractivity contribution in [1.82, 2.24) is 14.8 Å². The standard InChI is InChI=1S/C16H20F3N3O2/c17-16(18,19)14-4-3-12(10-20-14)15(23)22-7-5-21(6-8-22)11-13-2-1-9-24-13/h3-4,10,13H,1-2,5-9,11H2. The van der Waals surface area contributed by atoms with Crippen molar-refractivity contribution >= 4 is 5.91 Å². The van der Waals surface area contributed by atoms with Crippen LogP contribution < -0.4 is 0 Å². The highest BCUT2D eigenvalue weighted by atomic mass is 19.4. The summed E-state index contributed by atoms with van der Waals surface area (Å²) in [5.74, 6) is -0.270. The van der Waals surface area contributed by atoms with E-state index in [1.165, 1.54) is 6.07 Å². The first-order valence-corrected chi connectivity index (χ1v) is 8.10. The van der Waals surface area contributed by atoms with Gasteiger partial charge in [0, 0.05) is 45.5 Å². The van der Waals surface area contributed by atoms with Gasteiger partial charge in [0.15, 0.2) is 0 Å². The average Bonchev–Trinajstić information content (AvgIpc) is 3.07. The second-order valence-corrected chi connectivity index (χ2v) is 6.16. The molecular weight excluding hydrogens is 323 g/mol. The molecular formula is C16H20F3N3O2. The molecule has 3 heterocycles. The molecule has 0 radical (unpaired) electrons.